The van der Waals surface area contributed by atoms with Crippen LogP contribution in [0.2, 0.25) is 0 Å². The molecule has 2 aliphatic heterocycles. The summed E-state index contributed by atoms with van der Waals surface area (Å²) in [4.78, 5) is 28.8. The van der Waals surface area contributed by atoms with Crippen LogP contribution in [0.4, 0.5) is 5.69 Å². The van der Waals surface area contributed by atoms with Crippen molar-refractivity contribution in [3.63, 3.8) is 0 Å². The van der Waals surface area contributed by atoms with Gasteiger partial charge in [0.25, 0.3) is 5.56 Å². The van der Waals surface area contributed by atoms with E-state index in [-0.39, 0.29) is 17.4 Å². The van der Waals surface area contributed by atoms with Crippen molar-refractivity contribution in [2.24, 2.45) is 13.0 Å². The van der Waals surface area contributed by atoms with Gasteiger partial charge in [0.2, 0.25) is 5.91 Å². The van der Waals surface area contributed by atoms with E-state index in [0.717, 1.165) is 31.6 Å². The number of benzene rings is 1. The highest BCUT2D eigenvalue weighted by atomic mass is 16.2. The average Bonchev–Trinajstić information content (AvgIpc) is 3.13. The first kappa shape index (κ1) is 15.9. The number of carbonyl (C=O) groups excluding carboxylic acids is 1. The fourth-order valence-corrected chi connectivity index (χ4v) is 3.77. The van der Waals surface area contributed by atoms with E-state index in [1.54, 1.807) is 19.3 Å². The zero-order valence-electron chi connectivity index (χ0n) is 14.4. The number of nitrogens with zero attached hydrogens (tertiary/aromatic N) is 4. The monoisotopic (exact) mass is 338 g/mol. The molecule has 1 aromatic carbocycles. The fraction of sp³-hybridized carbons (Fsp3) is 0.421. The van der Waals surface area contributed by atoms with Gasteiger partial charge < -0.3 is 9.80 Å². The number of fused-ring (bicyclic) bond motifs is 1. The molecule has 4 rings (SSSR count). The summed E-state index contributed by atoms with van der Waals surface area (Å²) < 4.78 is 1.31. The standard InChI is InChI=1S/C19H22N4O2/c1-21-18(24)10-17(11-20-21)22-8-7-16(13-22)19(25)23-9-6-14-4-2-3-5-15(14)12-23/h2-5,10-11,16H,6-9,12-13H2,1H3. The van der Waals surface area contributed by atoms with Crippen LogP contribution in [0.5, 0.6) is 0 Å². The third-order valence-electron chi connectivity index (χ3n) is 5.30. The number of hydrogen-bond donors (Lipinski definition) is 0. The molecule has 3 heterocycles. The Hall–Kier alpha value is -2.63. The van der Waals surface area contributed by atoms with Crippen molar-refractivity contribution in [1.29, 1.82) is 0 Å². The second-order valence-electron chi connectivity index (χ2n) is 6.89. The van der Waals surface area contributed by atoms with Gasteiger partial charge in [-0.25, -0.2) is 4.68 Å². The summed E-state index contributed by atoms with van der Waals surface area (Å²) in [5.74, 6) is 0.225. The van der Waals surface area contributed by atoms with Gasteiger partial charge in [-0.05, 0) is 24.0 Å². The van der Waals surface area contributed by atoms with Gasteiger partial charge in [0.05, 0.1) is 17.8 Å². The van der Waals surface area contributed by atoms with E-state index in [0.29, 0.717) is 13.1 Å². The number of amides is 1. The summed E-state index contributed by atoms with van der Waals surface area (Å²) in [5.41, 5.74) is 3.29. The molecular formula is C19H22N4O2. The Morgan fingerprint density at radius 1 is 1.20 bits per heavy atom. The van der Waals surface area contributed by atoms with Crippen LogP contribution in [-0.2, 0) is 24.8 Å². The molecule has 1 aromatic heterocycles. The number of carbonyl (C=O) groups is 1. The number of aromatic nitrogens is 2. The molecule has 0 bridgehead atoms. The lowest BCUT2D eigenvalue weighted by molar-refractivity contribution is -0.135. The highest BCUT2D eigenvalue weighted by molar-refractivity contribution is 5.80. The molecule has 0 spiro atoms. The van der Waals surface area contributed by atoms with Crippen molar-refractivity contribution >= 4 is 11.6 Å². The largest absolute Gasteiger partial charge is 0.369 e. The molecule has 1 atom stereocenters. The molecule has 2 aliphatic rings. The molecule has 6 nitrogen and oxygen atoms in total. The zero-order valence-corrected chi connectivity index (χ0v) is 14.4. The topological polar surface area (TPSA) is 58.4 Å². The van der Waals surface area contributed by atoms with Gasteiger partial charge in [-0.3, -0.25) is 9.59 Å². The van der Waals surface area contributed by atoms with Crippen molar-refractivity contribution in [2.45, 2.75) is 19.4 Å². The summed E-state index contributed by atoms with van der Waals surface area (Å²) in [6, 6.07) is 9.95. The average molecular weight is 338 g/mol. The quantitative estimate of drug-likeness (QED) is 0.825. The van der Waals surface area contributed by atoms with Gasteiger partial charge >= 0.3 is 0 Å². The Balaban J connectivity index is 1.44. The van der Waals surface area contributed by atoms with E-state index in [2.05, 4.69) is 28.2 Å². The molecule has 1 unspecified atom stereocenters. The third kappa shape index (κ3) is 3.04. The van der Waals surface area contributed by atoms with E-state index in [1.165, 1.54) is 15.8 Å². The van der Waals surface area contributed by atoms with Gasteiger partial charge in [-0.2, -0.15) is 5.10 Å². The Morgan fingerprint density at radius 3 is 2.80 bits per heavy atom. The van der Waals surface area contributed by atoms with Crippen LogP contribution in [0.15, 0.2) is 41.3 Å². The van der Waals surface area contributed by atoms with Crippen molar-refractivity contribution in [2.75, 3.05) is 24.5 Å². The number of aryl methyl sites for hydroxylation is 1. The van der Waals surface area contributed by atoms with Crippen LogP contribution < -0.4 is 10.5 Å². The van der Waals surface area contributed by atoms with Crippen LogP contribution in [0.25, 0.3) is 0 Å². The van der Waals surface area contributed by atoms with Gasteiger partial charge in [-0.15, -0.1) is 0 Å². The molecule has 0 radical (unpaired) electrons. The first-order valence-corrected chi connectivity index (χ1v) is 8.76. The first-order chi connectivity index (χ1) is 12.1. The minimum Gasteiger partial charge on any atom is -0.369 e. The van der Waals surface area contributed by atoms with Crippen LogP contribution in [0.3, 0.4) is 0 Å². The molecule has 6 heteroatoms. The van der Waals surface area contributed by atoms with Crippen LogP contribution in [-0.4, -0.2) is 40.2 Å². The third-order valence-corrected chi connectivity index (χ3v) is 5.30. The van der Waals surface area contributed by atoms with Gasteiger partial charge in [0, 0.05) is 39.3 Å². The summed E-state index contributed by atoms with van der Waals surface area (Å²) in [5, 5.41) is 4.08. The molecule has 0 N–H and O–H groups in total. The Bertz CT molecular complexity index is 860. The molecule has 1 fully saturated rings. The van der Waals surface area contributed by atoms with E-state index < -0.39 is 0 Å². The molecular weight excluding hydrogens is 316 g/mol. The van der Waals surface area contributed by atoms with Crippen molar-refractivity contribution in [1.82, 2.24) is 14.7 Å². The summed E-state index contributed by atoms with van der Waals surface area (Å²) in [6.45, 7) is 2.94. The fourth-order valence-electron chi connectivity index (χ4n) is 3.77. The lowest BCUT2D eigenvalue weighted by Crippen LogP contribution is -2.40. The lowest BCUT2D eigenvalue weighted by Gasteiger charge is -2.31. The van der Waals surface area contributed by atoms with Gasteiger partial charge in [0.15, 0.2) is 0 Å². The van der Waals surface area contributed by atoms with E-state index in [1.807, 2.05) is 11.0 Å². The molecule has 130 valence electrons. The maximum Gasteiger partial charge on any atom is 0.268 e. The molecule has 1 amide bonds. The second kappa shape index (κ2) is 6.35. The maximum atomic E-state index is 12.9. The summed E-state index contributed by atoms with van der Waals surface area (Å²) >= 11 is 0. The SMILES string of the molecule is Cn1ncc(N2CCC(C(=O)N3CCc4ccccc4C3)C2)cc1=O. The second-order valence-corrected chi connectivity index (χ2v) is 6.89. The van der Waals surface area contributed by atoms with Gasteiger partial charge in [-0.1, -0.05) is 24.3 Å². The maximum absolute atomic E-state index is 12.9. The smallest absolute Gasteiger partial charge is 0.268 e. The Labute approximate surface area is 146 Å². The molecule has 0 saturated carbocycles. The van der Waals surface area contributed by atoms with E-state index in [4.69, 9.17) is 0 Å². The van der Waals surface area contributed by atoms with Crippen molar-refractivity contribution in [3.8, 4) is 0 Å². The Morgan fingerprint density at radius 2 is 2.00 bits per heavy atom. The number of rotatable bonds is 2. The summed E-state index contributed by atoms with van der Waals surface area (Å²) in [7, 11) is 1.64. The number of hydrogen-bond acceptors (Lipinski definition) is 4. The number of anilines is 1. The van der Waals surface area contributed by atoms with Crippen LogP contribution in [0, 0.1) is 5.92 Å². The van der Waals surface area contributed by atoms with E-state index >= 15 is 0 Å². The van der Waals surface area contributed by atoms with Crippen molar-refractivity contribution < 1.29 is 4.79 Å². The molecule has 1 saturated heterocycles. The highest BCUT2D eigenvalue weighted by Crippen LogP contribution is 2.26. The summed E-state index contributed by atoms with van der Waals surface area (Å²) in [6.07, 6.45) is 3.45. The predicted octanol–water partition coefficient (Wildman–Crippen LogP) is 1.19. The Kier molecular flexibility index (Phi) is 4.03. The lowest BCUT2D eigenvalue weighted by atomic mass is 9.98. The first-order valence-electron chi connectivity index (χ1n) is 8.76. The van der Waals surface area contributed by atoms with Crippen LogP contribution >= 0.6 is 0 Å². The normalized spacial score (nSPS) is 19.8. The van der Waals surface area contributed by atoms with Crippen LogP contribution in [0.1, 0.15) is 17.5 Å². The minimum absolute atomic E-state index is 0.00526. The zero-order chi connectivity index (χ0) is 17.4. The highest BCUT2D eigenvalue weighted by Gasteiger charge is 2.33. The molecule has 25 heavy (non-hydrogen) atoms. The molecule has 0 aliphatic carbocycles. The van der Waals surface area contributed by atoms with Gasteiger partial charge in [0.1, 0.15) is 0 Å². The predicted molar refractivity (Wildman–Crippen MR) is 95.4 cm³/mol. The van der Waals surface area contributed by atoms with E-state index in [9.17, 15) is 9.59 Å². The molecule has 2 aromatic rings. The minimum atomic E-state index is -0.125. The van der Waals surface area contributed by atoms with Crippen molar-refractivity contribution in [3.05, 3.63) is 58.0 Å².